The summed E-state index contributed by atoms with van der Waals surface area (Å²) in [7, 11) is 0. The van der Waals surface area contributed by atoms with Crippen LogP contribution in [0.4, 0.5) is 0 Å². The molecule has 0 saturated carbocycles. The lowest BCUT2D eigenvalue weighted by atomic mass is 9.93. The molecule has 2 rings (SSSR count). The van der Waals surface area contributed by atoms with Gasteiger partial charge in [0, 0.05) is 6.54 Å². The third kappa shape index (κ3) is 5.54. The van der Waals surface area contributed by atoms with Crippen molar-refractivity contribution in [1.82, 2.24) is 15.8 Å². The Hall–Kier alpha value is -2.46. The third-order valence-electron chi connectivity index (χ3n) is 5.12. The number of hydrazine groups is 1. The van der Waals surface area contributed by atoms with Crippen LogP contribution in [-0.2, 0) is 23.9 Å². The van der Waals surface area contributed by atoms with Gasteiger partial charge in [-0.1, -0.05) is 6.08 Å². The van der Waals surface area contributed by atoms with E-state index in [0.29, 0.717) is 19.4 Å². The fourth-order valence-corrected chi connectivity index (χ4v) is 2.87. The van der Waals surface area contributed by atoms with E-state index < -0.39 is 47.3 Å². The number of hydrogen-bond acceptors (Lipinski definition) is 8. The summed E-state index contributed by atoms with van der Waals surface area (Å²) in [6, 6.07) is -1.65. The molecule has 0 aromatic rings. The van der Waals surface area contributed by atoms with Crippen molar-refractivity contribution in [3.05, 3.63) is 12.7 Å². The normalized spacial score (nSPS) is 22.0. The predicted molar refractivity (Wildman–Crippen MR) is 101 cm³/mol. The van der Waals surface area contributed by atoms with Crippen molar-refractivity contribution in [2.45, 2.75) is 51.8 Å². The quantitative estimate of drug-likeness (QED) is 0.204. The first kappa shape index (κ1) is 22.8. The lowest BCUT2D eigenvalue weighted by molar-refractivity contribution is -0.225. The Morgan fingerprint density at radius 1 is 1.41 bits per heavy atom. The van der Waals surface area contributed by atoms with Gasteiger partial charge < -0.3 is 25.3 Å². The second kappa shape index (κ2) is 9.36. The number of amides is 2. The number of nitrogens with one attached hydrogen (secondary N) is 3. The summed E-state index contributed by atoms with van der Waals surface area (Å²) in [5.41, 5.74) is 1.76. The number of hydrogen-bond donors (Lipinski definition) is 3. The molecule has 3 N–H and O–H groups in total. The molecule has 0 aliphatic carbocycles. The molecule has 2 amide bonds. The smallest absolute Gasteiger partial charge is 0.316 e. The number of rotatable bonds is 8. The van der Waals surface area contributed by atoms with Crippen molar-refractivity contribution < 1.29 is 29.0 Å². The van der Waals surface area contributed by atoms with Gasteiger partial charge >= 0.3 is 5.97 Å². The van der Waals surface area contributed by atoms with Crippen LogP contribution in [0.1, 0.15) is 33.6 Å². The van der Waals surface area contributed by atoms with Crippen LogP contribution >= 0.6 is 0 Å². The summed E-state index contributed by atoms with van der Waals surface area (Å²) < 4.78 is 10.5. The van der Waals surface area contributed by atoms with E-state index in [1.54, 1.807) is 13.8 Å². The summed E-state index contributed by atoms with van der Waals surface area (Å²) in [4.78, 5) is 37.8. The van der Waals surface area contributed by atoms with E-state index in [1.165, 1.54) is 18.0 Å². The highest BCUT2D eigenvalue weighted by atomic mass is 16.6. The molecule has 2 aliphatic rings. The Morgan fingerprint density at radius 3 is 2.59 bits per heavy atom. The second-order valence-corrected chi connectivity index (χ2v) is 7.96. The fourth-order valence-electron chi connectivity index (χ4n) is 2.87. The average Bonchev–Trinajstić information content (AvgIpc) is 2.65. The van der Waals surface area contributed by atoms with Gasteiger partial charge in [0.15, 0.2) is 6.10 Å². The van der Waals surface area contributed by atoms with E-state index in [9.17, 15) is 19.5 Å². The molecular weight excluding hydrogens is 380 g/mol. The molecule has 2 saturated heterocycles. The van der Waals surface area contributed by atoms with Gasteiger partial charge in [-0.05, 0) is 39.5 Å². The van der Waals surface area contributed by atoms with Crippen LogP contribution in [0.2, 0.25) is 0 Å². The summed E-state index contributed by atoms with van der Waals surface area (Å²) in [5, 5.41) is 22.3. The van der Waals surface area contributed by atoms with Crippen molar-refractivity contribution >= 4 is 23.7 Å². The van der Waals surface area contributed by atoms with E-state index in [1.807, 2.05) is 0 Å². The Morgan fingerprint density at radius 2 is 2.07 bits per heavy atom. The first-order valence-corrected chi connectivity index (χ1v) is 9.62. The standard InChI is InChI=1S/C19H30N4O6/c1-5-19(3,4)18(27)29-14(12-9-28-10-12)16(25)21-11(2)17(26)23-8-6-7-13(22-23)15(20)24/h5,11-14,22H,1,6-10H2,2-4H3,(H2,20,24)(H,21,25)/p-1/t11-,13?,14?/m0/s1. The fraction of sp³-hybridized carbons (Fsp3) is 0.684. The highest BCUT2D eigenvalue weighted by Crippen LogP contribution is 2.24. The maximum Gasteiger partial charge on any atom is 0.316 e. The minimum atomic E-state index is -1.08. The van der Waals surface area contributed by atoms with Crippen LogP contribution in [0.5, 0.6) is 0 Å². The minimum Gasteiger partial charge on any atom is -0.861 e. The monoisotopic (exact) mass is 409 g/mol. The van der Waals surface area contributed by atoms with E-state index in [2.05, 4.69) is 17.3 Å². The highest BCUT2D eigenvalue weighted by Gasteiger charge is 2.40. The molecule has 2 heterocycles. The Balaban J connectivity index is 2.00. The number of nitrogens with zero attached hydrogens (tertiary/aromatic N) is 1. The molecule has 0 radical (unpaired) electrons. The van der Waals surface area contributed by atoms with Crippen LogP contribution in [0, 0.1) is 16.7 Å². The van der Waals surface area contributed by atoms with E-state index in [-0.39, 0.29) is 19.1 Å². The maximum atomic E-state index is 12.8. The zero-order chi connectivity index (χ0) is 21.8. The SMILES string of the molecule is C=CC(C)(C)C(=O)OC(C(=O)N[C@@H](C)C(=O)N1CCCC(C(=N)[O-])N1)C1COC1. The summed E-state index contributed by atoms with van der Waals surface area (Å²) in [5.74, 6) is -2.70. The van der Waals surface area contributed by atoms with Crippen molar-refractivity contribution in [2.24, 2.45) is 11.3 Å². The zero-order valence-electron chi connectivity index (χ0n) is 17.0. The van der Waals surface area contributed by atoms with Crippen LogP contribution in [0.3, 0.4) is 0 Å². The molecule has 0 aromatic heterocycles. The molecule has 29 heavy (non-hydrogen) atoms. The van der Waals surface area contributed by atoms with Gasteiger partial charge in [-0.2, -0.15) is 0 Å². The molecule has 10 heteroatoms. The van der Waals surface area contributed by atoms with Gasteiger partial charge in [-0.15, -0.1) is 6.58 Å². The van der Waals surface area contributed by atoms with E-state index in [0.717, 1.165) is 0 Å². The Kier molecular flexibility index (Phi) is 7.37. The average molecular weight is 409 g/mol. The largest absolute Gasteiger partial charge is 0.861 e. The first-order chi connectivity index (χ1) is 13.6. The van der Waals surface area contributed by atoms with Crippen molar-refractivity contribution in [2.75, 3.05) is 19.8 Å². The van der Waals surface area contributed by atoms with Crippen LogP contribution in [-0.4, -0.2) is 66.6 Å². The number of carbonyl (C=O) groups is 3. The molecule has 2 aliphatic heterocycles. The molecule has 2 fully saturated rings. The second-order valence-electron chi connectivity index (χ2n) is 7.96. The summed E-state index contributed by atoms with van der Waals surface area (Å²) >= 11 is 0. The summed E-state index contributed by atoms with van der Waals surface area (Å²) in [6.45, 7) is 9.31. The third-order valence-corrected chi connectivity index (χ3v) is 5.12. The highest BCUT2D eigenvalue weighted by molar-refractivity contribution is 5.91. The van der Waals surface area contributed by atoms with Gasteiger partial charge in [-0.25, -0.2) is 5.43 Å². The molecule has 0 spiro atoms. The molecule has 162 valence electrons. The Labute approximate surface area is 170 Å². The number of ether oxygens (including phenoxy) is 2. The minimum absolute atomic E-state index is 0.281. The van der Waals surface area contributed by atoms with Gasteiger partial charge in [0.1, 0.15) is 6.04 Å². The van der Waals surface area contributed by atoms with Crippen LogP contribution < -0.4 is 15.8 Å². The predicted octanol–water partition coefficient (Wildman–Crippen LogP) is -0.905. The van der Waals surface area contributed by atoms with E-state index in [4.69, 9.17) is 14.9 Å². The van der Waals surface area contributed by atoms with Crippen molar-refractivity contribution in [3.8, 4) is 0 Å². The van der Waals surface area contributed by atoms with Gasteiger partial charge in [-0.3, -0.25) is 19.4 Å². The lowest BCUT2D eigenvalue weighted by Gasteiger charge is -2.37. The van der Waals surface area contributed by atoms with Crippen LogP contribution in [0.15, 0.2) is 12.7 Å². The molecular formula is C19H29N4O6-. The van der Waals surface area contributed by atoms with Gasteiger partial charge in [0.05, 0.1) is 30.6 Å². The number of carbonyl (C=O) groups excluding carboxylic acids is 3. The molecule has 3 atom stereocenters. The molecule has 0 aromatic carbocycles. The first-order valence-electron chi connectivity index (χ1n) is 9.62. The van der Waals surface area contributed by atoms with Crippen LogP contribution in [0.25, 0.3) is 0 Å². The van der Waals surface area contributed by atoms with E-state index >= 15 is 0 Å². The summed E-state index contributed by atoms with van der Waals surface area (Å²) in [6.07, 6.45) is 1.42. The lowest BCUT2D eigenvalue weighted by Crippen LogP contribution is -2.61. The molecule has 10 nitrogen and oxygen atoms in total. The number of esters is 1. The Bertz CT molecular complexity index is 676. The molecule has 2 unspecified atom stereocenters. The zero-order valence-corrected chi connectivity index (χ0v) is 17.0. The van der Waals surface area contributed by atoms with Gasteiger partial charge in [0.2, 0.25) is 0 Å². The molecule has 0 bridgehead atoms. The maximum absolute atomic E-state index is 12.8. The van der Waals surface area contributed by atoms with Crippen molar-refractivity contribution in [1.29, 1.82) is 5.41 Å². The topological polar surface area (TPSA) is 144 Å². The van der Waals surface area contributed by atoms with Gasteiger partial charge in [0.25, 0.3) is 11.8 Å². The van der Waals surface area contributed by atoms with Crippen molar-refractivity contribution in [3.63, 3.8) is 0 Å².